The molecule has 94 valence electrons. The second-order valence-electron chi connectivity index (χ2n) is 4.29. The van der Waals surface area contributed by atoms with Crippen LogP contribution >= 0.6 is 23.2 Å². The molecule has 0 saturated carbocycles. The molecular formula is C13H17Cl2NO. The molecule has 2 atom stereocenters. The summed E-state index contributed by atoms with van der Waals surface area (Å²) in [5.41, 5.74) is 1.01. The van der Waals surface area contributed by atoms with Crippen molar-refractivity contribution < 1.29 is 4.74 Å². The van der Waals surface area contributed by atoms with Crippen LogP contribution in [0.1, 0.15) is 24.9 Å². The number of ether oxygens (including phenoxy) is 1. The Bertz CT molecular complexity index is 357. The van der Waals surface area contributed by atoms with Gasteiger partial charge < -0.3 is 10.1 Å². The molecular weight excluding hydrogens is 257 g/mol. The quantitative estimate of drug-likeness (QED) is 0.904. The number of halogens is 2. The van der Waals surface area contributed by atoms with Gasteiger partial charge in [0.2, 0.25) is 0 Å². The lowest BCUT2D eigenvalue weighted by Gasteiger charge is -2.25. The maximum Gasteiger partial charge on any atom is 0.0513 e. The monoisotopic (exact) mass is 273 g/mol. The maximum atomic E-state index is 6.27. The van der Waals surface area contributed by atoms with Gasteiger partial charge in [-0.25, -0.2) is 0 Å². The number of hydrogen-bond donors (Lipinski definition) is 1. The lowest BCUT2D eigenvalue weighted by atomic mass is 9.92. The van der Waals surface area contributed by atoms with E-state index in [-0.39, 0.29) is 6.04 Å². The predicted molar refractivity (Wildman–Crippen MR) is 71.8 cm³/mol. The van der Waals surface area contributed by atoms with Gasteiger partial charge in [-0.3, -0.25) is 0 Å². The van der Waals surface area contributed by atoms with Gasteiger partial charge in [0.25, 0.3) is 0 Å². The van der Waals surface area contributed by atoms with E-state index in [1.165, 1.54) is 0 Å². The van der Waals surface area contributed by atoms with Crippen LogP contribution in [0.4, 0.5) is 0 Å². The lowest BCUT2D eigenvalue weighted by molar-refractivity contribution is 0.177. The van der Waals surface area contributed by atoms with Gasteiger partial charge in [0.1, 0.15) is 0 Å². The third kappa shape index (κ3) is 2.94. The normalized spacial score (nSPS) is 21.7. The smallest absolute Gasteiger partial charge is 0.0513 e. The second kappa shape index (κ2) is 6.05. The largest absolute Gasteiger partial charge is 0.381 e. The molecule has 1 N–H and O–H groups in total. The van der Waals surface area contributed by atoms with E-state index in [0.717, 1.165) is 41.8 Å². The Balaban J connectivity index is 2.31. The molecule has 0 bridgehead atoms. The molecule has 2 rings (SSSR count). The van der Waals surface area contributed by atoms with E-state index in [0.29, 0.717) is 5.92 Å². The van der Waals surface area contributed by atoms with E-state index < -0.39 is 0 Å². The van der Waals surface area contributed by atoms with E-state index in [4.69, 9.17) is 27.9 Å². The summed E-state index contributed by atoms with van der Waals surface area (Å²) in [4.78, 5) is 0. The summed E-state index contributed by atoms with van der Waals surface area (Å²) in [5.74, 6) is 0.451. The number of hydrogen-bond acceptors (Lipinski definition) is 2. The fraction of sp³-hybridized carbons (Fsp3) is 0.538. The van der Waals surface area contributed by atoms with Gasteiger partial charge in [-0.2, -0.15) is 0 Å². The first-order valence-electron chi connectivity index (χ1n) is 5.99. The summed E-state index contributed by atoms with van der Waals surface area (Å²) in [6, 6.07) is 5.84. The van der Waals surface area contributed by atoms with Gasteiger partial charge in [0, 0.05) is 34.2 Å². The Kier molecular flexibility index (Phi) is 4.69. The molecule has 1 heterocycles. The Hall–Kier alpha value is -0.280. The molecule has 0 aliphatic carbocycles. The van der Waals surface area contributed by atoms with E-state index in [1.54, 1.807) is 0 Å². The average Bonchev–Trinajstić information content (AvgIpc) is 2.80. The first-order valence-corrected chi connectivity index (χ1v) is 6.74. The van der Waals surface area contributed by atoms with Crippen LogP contribution in [0.2, 0.25) is 10.0 Å². The zero-order chi connectivity index (χ0) is 12.3. The number of benzene rings is 1. The zero-order valence-electron chi connectivity index (χ0n) is 9.88. The van der Waals surface area contributed by atoms with E-state index in [9.17, 15) is 0 Å². The molecule has 0 amide bonds. The van der Waals surface area contributed by atoms with Gasteiger partial charge in [0.05, 0.1) is 6.61 Å². The molecule has 1 aromatic carbocycles. The van der Waals surface area contributed by atoms with Crippen LogP contribution in [0.25, 0.3) is 0 Å². The van der Waals surface area contributed by atoms with Gasteiger partial charge in [-0.05, 0) is 25.1 Å². The molecule has 17 heavy (non-hydrogen) atoms. The summed E-state index contributed by atoms with van der Waals surface area (Å²) in [6.45, 7) is 4.59. The minimum absolute atomic E-state index is 0.184. The maximum absolute atomic E-state index is 6.27. The Morgan fingerprint density at radius 2 is 2.12 bits per heavy atom. The summed E-state index contributed by atoms with van der Waals surface area (Å²) in [5, 5.41) is 4.94. The fourth-order valence-corrected chi connectivity index (χ4v) is 2.98. The van der Waals surface area contributed by atoms with Gasteiger partial charge in [-0.15, -0.1) is 0 Å². The third-order valence-corrected chi connectivity index (χ3v) is 3.83. The molecule has 4 heteroatoms. The summed E-state index contributed by atoms with van der Waals surface area (Å²) in [6.07, 6.45) is 1.05. The molecule has 1 aliphatic heterocycles. The lowest BCUT2D eigenvalue weighted by Crippen LogP contribution is -2.29. The zero-order valence-corrected chi connectivity index (χ0v) is 11.4. The minimum Gasteiger partial charge on any atom is -0.381 e. The Morgan fingerprint density at radius 1 is 1.41 bits per heavy atom. The van der Waals surface area contributed by atoms with Crippen molar-refractivity contribution in [3.8, 4) is 0 Å². The van der Waals surface area contributed by atoms with E-state index in [1.807, 2.05) is 18.2 Å². The van der Waals surface area contributed by atoms with Crippen LogP contribution in [-0.4, -0.2) is 19.8 Å². The molecule has 2 nitrogen and oxygen atoms in total. The first-order chi connectivity index (χ1) is 8.24. The van der Waals surface area contributed by atoms with Crippen molar-refractivity contribution in [3.05, 3.63) is 33.8 Å². The van der Waals surface area contributed by atoms with Crippen molar-refractivity contribution in [1.29, 1.82) is 0 Å². The highest BCUT2D eigenvalue weighted by Gasteiger charge is 2.29. The first kappa shape index (κ1) is 13.2. The van der Waals surface area contributed by atoms with Gasteiger partial charge in [-0.1, -0.05) is 36.2 Å². The minimum atomic E-state index is 0.184. The SMILES string of the molecule is CCNC(c1c(Cl)cccc1Cl)C1CCOC1. The Morgan fingerprint density at radius 3 is 2.65 bits per heavy atom. The van der Waals surface area contributed by atoms with Crippen LogP contribution in [0, 0.1) is 5.92 Å². The van der Waals surface area contributed by atoms with Crippen molar-refractivity contribution in [2.24, 2.45) is 5.92 Å². The van der Waals surface area contributed by atoms with Crippen LogP contribution in [0.15, 0.2) is 18.2 Å². The third-order valence-electron chi connectivity index (χ3n) is 3.17. The summed E-state index contributed by atoms with van der Waals surface area (Å²) >= 11 is 12.5. The number of nitrogens with one attached hydrogen (secondary N) is 1. The van der Waals surface area contributed by atoms with Crippen molar-refractivity contribution in [2.45, 2.75) is 19.4 Å². The highest BCUT2D eigenvalue weighted by Crippen LogP contribution is 2.37. The van der Waals surface area contributed by atoms with Crippen molar-refractivity contribution >= 4 is 23.2 Å². The van der Waals surface area contributed by atoms with Crippen LogP contribution in [0.5, 0.6) is 0 Å². The van der Waals surface area contributed by atoms with E-state index in [2.05, 4.69) is 12.2 Å². The van der Waals surface area contributed by atoms with Crippen molar-refractivity contribution in [3.63, 3.8) is 0 Å². The van der Waals surface area contributed by atoms with Gasteiger partial charge >= 0.3 is 0 Å². The molecule has 0 spiro atoms. The molecule has 0 aromatic heterocycles. The second-order valence-corrected chi connectivity index (χ2v) is 5.11. The highest BCUT2D eigenvalue weighted by atomic mass is 35.5. The van der Waals surface area contributed by atoms with Crippen LogP contribution in [-0.2, 0) is 4.74 Å². The molecule has 1 saturated heterocycles. The van der Waals surface area contributed by atoms with Crippen molar-refractivity contribution in [2.75, 3.05) is 19.8 Å². The average molecular weight is 274 g/mol. The summed E-state index contributed by atoms with van der Waals surface area (Å²) in [7, 11) is 0. The van der Waals surface area contributed by atoms with E-state index >= 15 is 0 Å². The van der Waals surface area contributed by atoms with Crippen molar-refractivity contribution in [1.82, 2.24) is 5.32 Å². The fourth-order valence-electron chi connectivity index (χ4n) is 2.35. The molecule has 1 fully saturated rings. The van der Waals surface area contributed by atoms with Crippen LogP contribution < -0.4 is 5.32 Å². The molecule has 1 aromatic rings. The van der Waals surface area contributed by atoms with Crippen LogP contribution in [0.3, 0.4) is 0 Å². The van der Waals surface area contributed by atoms with Gasteiger partial charge in [0.15, 0.2) is 0 Å². The highest BCUT2D eigenvalue weighted by molar-refractivity contribution is 6.36. The summed E-state index contributed by atoms with van der Waals surface area (Å²) < 4.78 is 5.46. The molecule has 1 aliphatic rings. The molecule has 2 unspecified atom stereocenters. The topological polar surface area (TPSA) is 21.3 Å². The molecule has 0 radical (unpaired) electrons. The predicted octanol–water partition coefficient (Wildman–Crippen LogP) is 3.68. The number of rotatable bonds is 4. The Labute approximate surface area is 112 Å². The standard InChI is InChI=1S/C13H17Cl2NO/c1-2-16-13(9-6-7-17-8-9)12-10(14)4-3-5-11(12)15/h3-5,9,13,16H,2,6-8H2,1H3.